The molecule has 0 aliphatic rings. The third-order valence-corrected chi connectivity index (χ3v) is 24.4. The van der Waals surface area contributed by atoms with E-state index in [9.17, 15) is 0 Å². The molecule has 2 aromatic rings. The van der Waals surface area contributed by atoms with Crippen LogP contribution in [0.1, 0.15) is 154 Å². The van der Waals surface area contributed by atoms with E-state index in [4.69, 9.17) is 0 Å². The first-order chi connectivity index (χ1) is 22.2. The maximum atomic E-state index is 3.42. The standard InChI is InChI=1S/2C18H23.2C4H9.Sn/c2*1-2-3-4-5-6-7-8-9-10-12-15-18-16-13-11-14-17-18;2*1-3-4-2;/h2*11-16H,2-8H2,1H3;2*1,3-4H2,2H3;/b2*15-12-;;;. The van der Waals surface area contributed by atoms with Gasteiger partial charge in [-0.15, -0.1) is 0 Å². The van der Waals surface area contributed by atoms with Crippen molar-refractivity contribution in [3.63, 3.8) is 0 Å². The molecule has 0 radical (unpaired) electrons. The summed E-state index contributed by atoms with van der Waals surface area (Å²) >= 11 is -3.11. The van der Waals surface area contributed by atoms with E-state index >= 15 is 0 Å². The molecule has 2 rings (SSSR count). The molecule has 0 unspecified atom stereocenters. The quantitative estimate of drug-likeness (QED) is 0.0648. The molecule has 0 nitrogen and oxygen atoms in total. The van der Waals surface area contributed by atoms with Crippen LogP contribution in [0.15, 0.2) is 60.7 Å². The number of allylic oxidation sites excluding steroid dienone is 2. The van der Waals surface area contributed by atoms with Gasteiger partial charge in [0.1, 0.15) is 0 Å². The Labute approximate surface area is 283 Å². The molecule has 0 bridgehead atoms. The van der Waals surface area contributed by atoms with Crippen LogP contribution in [0.2, 0.25) is 8.87 Å². The first kappa shape index (κ1) is 39.0. The van der Waals surface area contributed by atoms with Gasteiger partial charge in [0.15, 0.2) is 0 Å². The summed E-state index contributed by atoms with van der Waals surface area (Å²) in [6.07, 6.45) is 31.9. The topological polar surface area (TPSA) is 0 Å². The summed E-state index contributed by atoms with van der Waals surface area (Å²) in [4.78, 5) is 0. The number of rotatable bonds is 22. The fraction of sp³-hybridized carbons (Fsp3) is 0.545. The molecule has 0 N–H and O–H groups in total. The van der Waals surface area contributed by atoms with Crippen LogP contribution in [-0.4, -0.2) is 18.4 Å². The predicted molar refractivity (Wildman–Crippen MR) is 207 cm³/mol. The van der Waals surface area contributed by atoms with E-state index < -0.39 is 18.4 Å². The summed E-state index contributed by atoms with van der Waals surface area (Å²) in [6.45, 7) is 9.27. The molecule has 0 spiro atoms. The van der Waals surface area contributed by atoms with E-state index in [2.05, 4.69) is 124 Å². The van der Waals surface area contributed by atoms with Crippen LogP contribution < -0.4 is 7.16 Å². The van der Waals surface area contributed by atoms with Crippen molar-refractivity contribution in [2.45, 2.75) is 152 Å². The molecule has 0 fully saturated rings. The Balaban J connectivity index is 2.32. The fourth-order valence-electron chi connectivity index (χ4n) is 6.43. The minimum atomic E-state index is -3.11. The van der Waals surface area contributed by atoms with Crippen molar-refractivity contribution in [2.24, 2.45) is 0 Å². The normalized spacial score (nSPS) is 11.5. The number of benzene rings is 2. The summed E-state index contributed by atoms with van der Waals surface area (Å²) in [6, 6.07) is 18.6. The van der Waals surface area contributed by atoms with Crippen molar-refractivity contribution in [2.75, 3.05) is 0 Å². The first-order valence-corrected chi connectivity index (χ1v) is 25.6. The monoisotopic (exact) mass is 712 g/mol. The van der Waals surface area contributed by atoms with Crippen molar-refractivity contribution in [3.8, 4) is 23.7 Å². The molecule has 0 aliphatic heterocycles. The summed E-state index contributed by atoms with van der Waals surface area (Å²) in [7, 11) is 0. The van der Waals surface area contributed by atoms with Gasteiger partial charge in [0, 0.05) is 0 Å². The van der Waals surface area contributed by atoms with Gasteiger partial charge in [-0.25, -0.2) is 0 Å². The Bertz CT molecular complexity index is 1130. The number of hydrogen-bond donors (Lipinski definition) is 0. The van der Waals surface area contributed by atoms with Crippen molar-refractivity contribution in [3.05, 3.63) is 71.8 Å². The molecule has 0 saturated heterocycles. The molecule has 0 atom stereocenters. The average Bonchev–Trinajstić information content (AvgIpc) is 3.07. The van der Waals surface area contributed by atoms with Gasteiger partial charge in [-0.05, 0) is 0 Å². The van der Waals surface area contributed by atoms with E-state index in [1.807, 2.05) is 0 Å². The Hall–Kier alpha value is -2.16. The average molecular weight is 712 g/mol. The minimum absolute atomic E-state index is 1.01. The van der Waals surface area contributed by atoms with Crippen molar-refractivity contribution < 1.29 is 0 Å². The Morgan fingerprint density at radius 3 is 1.27 bits per heavy atom. The smallest absolute Gasteiger partial charge is 0.0654 e. The van der Waals surface area contributed by atoms with Gasteiger partial charge >= 0.3 is 259 Å². The van der Waals surface area contributed by atoms with Crippen LogP contribution in [0.3, 0.4) is 0 Å². The summed E-state index contributed by atoms with van der Waals surface area (Å²) in [5.74, 6) is 13.6. The van der Waals surface area contributed by atoms with Gasteiger partial charge in [0.2, 0.25) is 0 Å². The van der Waals surface area contributed by atoms with Crippen LogP contribution in [-0.2, 0) is 0 Å². The van der Waals surface area contributed by atoms with E-state index in [-0.39, 0.29) is 0 Å². The zero-order valence-electron chi connectivity index (χ0n) is 29.6. The summed E-state index contributed by atoms with van der Waals surface area (Å²) in [5, 5.41) is 0. The molecule has 0 aliphatic carbocycles. The van der Waals surface area contributed by atoms with Crippen LogP contribution in [0, 0.1) is 23.7 Å². The summed E-state index contributed by atoms with van der Waals surface area (Å²) in [5.41, 5.74) is 2.79. The van der Waals surface area contributed by atoms with Gasteiger partial charge in [0.05, 0.1) is 0 Å². The molecule has 2 aromatic carbocycles. The second-order valence-electron chi connectivity index (χ2n) is 12.8. The SMILES string of the molecule is CCCCCCCCC#C/C=C\c1cccc[c]1[Sn]([CH2]CCC)([CH2]CCC)[c]1ccccc1/C=C\C#CCCCCCCCC. The second kappa shape index (κ2) is 26.0. The molecular weight excluding hydrogens is 647 g/mol. The molecule has 0 amide bonds. The van der Waals surface area contributed by atoms with Crippen LogP contribution in [0.4, 0.5) is 0 Å². The van der Waals surface area contributed by atoms with Crippen LogP contribution in [0.25, 0.3) is 12.2 Å². The van der Waals surface area contributed by atoms with Gasteiger partial charge in [0.25, 0.3) is 0 Å². The summed E-state index contributed by atoms with van der Waals surface area (Å²) < 4.78 is 6.01. The minimum Gasteiger partial charge on any atom is -0.0654 e. The molecule has 1 heteroatoms. The zero-order valence-corrected chi connectivity index (χ0v) is 32.4. The van der Waals surface area contributed by atoms with Gasteiger partial charge in [-0.1, -0.05) is 26.7 Å². The molecule has 45 heavy (non-hydrogen) atoms. The predicted octanol–water partition coefficient (Wildman–Crippen LogP) is 12.4. The molecule has 244 valence electrons. The van der Waals surface area contributed by atoms with Crippen LogP contribution in [0.5, 0.6) is 0 Å². The Kier molecular flexibility index (Phi) is 22.5. The van der Waals surface area contributed by atoms with E-state index in [1.165, 1.54) is 123 Å². The van der Waals surface area contributed by atoms with E-state index in [0.29, 0.717) is 0 Å². The molecule has 0 heterocycles. The molecular formula is C44H64Sn. The van der Waals surface area contributed by atoms with Crippen LogP contribution >= 0.6 is 0 Å². The number of hydrogen-bond acceptors (Lipinski definition) is 0. The van der Waals surface area contributed by atoms with Crippen molar-refractivity contribution in [1.29, 1.82) is 0 Å². The third kappa shape index (κ3) is 15.3. The van der Waals surface area contributed by atoms with Crippen molar-refractivity contribution in [1.82, 2.24) is 0 Å². The van der Waals surface area contributed by atoms with Crippen molar-refractivity contribution >= 4 is 37.7 Å². The second-order valence-corrected chi connectivity index (χ2v) is 24.9. The fourth-order valence-corrected chi connectivity index (χ4v) is 23.0. The van der Waals surface area contributed by atoms with E-state index in [1.54, 1.807) is 7.16 Å². The first-order valence-electron chi connectivity index (χ1n) is 18.7. The Morgan fingerprint density at radius 2 is 0.844 bits per heavy atom. The van der Waals surface area contributed by atoms with E-state index in [0.717, 1.165) is 12.8 Å². The third-order valence-electron chi connectivity index (χ3n) is 9.07. The zero-order chi connectivity index (χ0) is 32.3. The maximum absolute atomic E-state index is 3.42. The number of unbranched alkanes of at least 4 members (excludes halogenated alkanes) is 14. The molecule has 0 saturated carbocycles. The molecule has 0 aromatic heterocycles. The Morgan fingerprint density at radius 1 is 0.467 bits per heavy atom. The van der Waals surface area contributed by atoms with Gasteiger partial charge < -0.3 is 0 Å². The van der Waals surface area contributed by atoms with Gasteiger partial charge in [-0.2, -0.15) is 0 Å². The van der Waals surface area contributed by atoms with Gasteiger partial charge in [-0.3, -0.25) is 0 Å².